The molecule has 0 spiro atoms. The number of carbonyl (C=O) groups excluding carboxylic acids is 1. The highest BCUT2D eigenvalue weighted by Gasteiger charge is 2.29. The number of amides is 1. The second kappa shape index (κ2) is 6.36. The van der Waals surface area contributed by atoms with Gasteiger partial charge in [0, 0.05) is 6.54 Å². The molecule has 0 radical (unpaired) electrons. The van der Waals surface area contributed by atoms with Gasteiger partial charge in [-0.15, -0.1) is 0 Å². The molecule has 0 aromatic carbocycles. The van der Waals surface area contributed by atoms with E-state index in [1.165, 1.54) is 0 Å². The molecule has 0 fully saturated rings. The molecule has 0 aliphatic rings. The molecule has 2 rings (SSSR count). The Balaban J connectivity index is 2.09. The zero-order valence-corrected chi connectivity index (χ0v) is 13.5. The first kappa shape index (κ1) is 16.3. The van der Waals surface area contributed by atoms with Gasteiger partial charge in [0.1, 0.15) is 5.76 Å². The van der Waals surface area contributed by atoms with Gasteiger partial charge < -0.3 is 19.9 Å². The molecule has 6 heteroatoms. The van der Waals surface area contributed by atoms with Crippen molar-refractivity contribution in [1.29, 1.82) is 0 Å². The van der Waals surface area contributed by atoms with Crippen LogP contribution in [0, 0.1) is 12.8 Å². The van der Waals surface area contributed by atoms with Crippen molar-refractivity contribution in [2.75, 3.05) is 6.54 Å². The van der Waals surface area contributed by atoms with Crippen molar-refractivity contribution in [1.82, 2.24) is 10.3 Å². The summed E-state index contributed by atoms with van der Waals surface area (Å²) in [6.45, 7) is 8.17. The second-order valence-electron chi connectivity index (χ2n) is 6.00. The molecular formula is C16H23N3O3. The van der Waals surface area contributed by atoms with E-state index < -0.39 is 5.54 Å². The summed E-state index contributed by atoms with van der Waals surface area (Å²) in [6.07, 6.45) is 1.70. The minimum absolute atomic E-state index is 0.121. The maximum atomic E-state index is 12.3. The van der Waals surface area contributed by atoms with Crippen LogP contribution in [0.15, 0.2) is 27.2 Å². The fourth-order valence-electron chi connectivity index (χ4n) is 2.04. The third-order valence-corrected chi connectivity index (χ3v) is 4.08. The number of furan rings is 1. The van der Waals surface area contributed by atoms with E-state index in [1.807, 2.05) is 20.8 Å². The van der Waals surface area contributed by atoms with Gasteiger partial charge in [0.15, 0.2) is 5.76 Å². The summed E-state index contributed by atoms with van der Waals surface area (Å²) in [4.78, 5) is 16.6. The molecule has 2 aromatic heterocycles. The molecule has 1 amide bonds. The average molecular weight is 305 g/mol. The van der Waals surface area contributed by atoms with Gasteiger partial charge in [0.2, 0.25) is 5.91 Å². The summed E-state index contributed by atoms with van der Waals surface area (Å²) in [6, 6.07) is 3.52. The maximum absolute atomic E-state index is 12.3. The van der Waals surface area contributed by atoms with E-state index in [0.29, 0.717) is 29.6 Å². The monoisotopic (exact) mass is 305 g/mol. The lowest BCUT2D eigenvalue weighted by Gasteiger charge is -2.33. The lowest BCUT2D eigenvalue weighted by atomic mass is 9.88. The average Bonchev–Trinajstić information content (AvgIpc) is 3.09. The molecule has 0 aliphatic heterocycles. The van der Waals surface area contributed by atoms with Gasteiger partial charge in [-0.1, -0.05) is 13.8 Å². The summed E-state index contributed by atoms with van der Waals surface area (Å²) in [7, 11) is 0. The fraction of sp³-hybridized carbons (Fsp3) is 0.500. The summed E-state index contributed by atoms with van der Waals surface area (Å²) in [5.74, 6) is 1.66. The Morgan fingerprint density at radius 3 is 2.77 bits per heavy atom. The largest absolute Gasteiger partial charge is 0.459 e. The van der Waals surface area contributed by atoms with E-state index in [-0.39, 0.29) is 18.2 Å². The first-order valence-corrected chi connectivity index (χ1v) is 7.37. The van der Waals surface area contributed by atoms with Crippen molar-refractivity contribution < 1.29 is 13.6 Å². The molecule has 0 saturated carbocycles. The standard InChI is InChI=1S/C16H23N3O3/c1-10(2)16(4,9-17)19-14(20)8-12-11(3)22-15(18-12)13-6-5-7-21-13/h5-7,10H,8-9,17H2,1-4H3,(H,19,20). The van der Waals surface area contributed by atoms with Crippen molar-refractivity contribution in [3.05, 3.63) is 29.9 Å². The number of nitrogens with zero attached hydrogens (tertiary/aromatic N) is 1. The van der Waals surface area contributed by atoms with Crippen molar-refractivity contribution in [3.8, 4) is 11.7 Å². The number of aromatic nitrogens is 1. The normalized spacial score (nSPS) is 14.1. The molecule has 0 saturated heterocycles. The van der Waals surface area contributed by atoms with Crippen LogP contribution in [0.4, 0.5) is 0 Å². The number of hydrogen-bond acceptors (Lipinski definition) is 5. The third-order valence-electron chi connectivity index (χ3n) is 4.08. The predicted octanol–water partition coefficient (Wildman–Crippen LogP) is 2.28. The lowest BCUT2D eigenvalue weighted by molar-refractivity contribution is -0.122. The number of aryl methyl sites for hydroxylation is 1. The third kappa shape index (κ3) is 3.39. The molecule has 6 nitrogen and oxygen atoms in total. The van der Waals surface area contributed by atoms with E-state index in [9.17, 15) is 4.79 Å². The molecule has 0 aliphatic carbocycles. The molecule has 0 bridgehead atoms. The lowest BCUT2D eigenvalue weighted by Crippen LogP contribution is -2.55. The van der Waals surface area contributed by atoms with Gasteiger partial charge in [-0.2, -0.15) is 0 Å². The van der Waals surface area contributed by atoms with E-state index >= 15 is 0 Å². The highest BCUT2D eigenvalue weighted by atomic mass is 16.4. The quantitative estimate of drug-likeness (QED) is 0.853. The first-order valence-electron chi connectivity index (χ1n) is 7.37. The zero-order chi connectivity index (χ0) is 16.3. The predicted molar refractivity (Wildman–Crippen MR) is 83.1 cm³/mol. The number of nitrogens with one attached hydrogen (secondary N) is 1. The Bertz CT molecular complexity index is 631. The van der Waals surface area contributed by atoms with Gasteiger partial charge >= 0.3 is 0 Å². The van der Waals surface area contributed by atoms with Crippen molar-refractivity contribution in [2.45, 2.75) is 39.7 Å². The smallest absolute Gasteiger partial charge is 0.263 e. The number of carbonyl (C=O) groups is 1. The van der Waals surface area contributed by atoms with Gasteiger partial charge in [0.05, 0.1) is 23.9 Å². The summed E-state index contributed by atoms with van der Waals surface area (Å²) in [5.41, 5.74) is 5.96. The molecule has 120 valence electrons. The van der Waals surface area contributed by atoms with Crippen LogP contribution >= 0.6 is 0 Å². The Morgan fingerprint density at radius 1 is 1.50 bits per heavy atom. The molecule has 1 unspecified atom stereocenters. The highest BCUT2D eigenvalue weighted by Crippen LogP contribution is 2.22. The van der Waals surface area contributed by atoms with E-state index in [0.717, 1.165) is 0 Å². The van der Waals surface area contributed by atoms with Crippen LogP contribution in [-0.2, 0) is 11.2 Å². The van der Waals surface area contributed by atoms with Gasteiger partial charge in [-0.25, -0.2) is 4.98 Å². The molecule has 1 atom stereocenters. The summed E-state index contributed by atoms with van der Waals surface area (Å²) < 4.78 is 10.8. The van der Waals surface area contributed by atoms with Crippen LogP contribution in [0.2, 0.25) is 0 Å². The van der Waals surface area contributed by atoms with E-state index in [2.05, 4.69) is 10.3 Å². The number of nitrogens with two attached hydrogens (primary N) is 1. The van der Waals surface area contributed by atoms with E-state index in [1.54, 1.807) is 25.3 Å². The Labute approximate surface area is 130 Å². The number of oxazole rings is 1. The highest BCUT2D eigenvalue weighted by molar-refractivity contribution is 5.79. The second-order valence-corrected chi connectivity index (χ2v) is 6.00. The van der Waals surface area contributed by atoms with E-state index in [4.69, 9.17) is 14.6 Å². The Morgan fingerprint density at radius 2 is 2.23 bits per heavy atom. The molecule has 3 N–H and O–H groups in total. The Kier molecular flexibility index (Phi) is 4.71. The van der Waals surface area contributed by atoms with Crippen LogP contribution in [-0.4, -0.2) is 23.0 Å². The van der Waals surface area contributed by atoms with Crippen LogP contribution < -0.4 is 11.1 Å². The van der Waals surface area contributed by atoms with Crippen LogP contribution in [0.1, 0.15) is 32.2 Å². The van der Waals surface area contributed by atoms with Crippen LogP contribution in [0.25, 0.3) is 11.7 Å². The molecule has 2 heterocycles. The van der Waals surface area contributed by atoms with Gasteiger partial charge in [-0.3, -0.25) is 4.79 Å². The number of hydrogen-bond donors (Lipinski definition) is 2. The van der Waals surface area contributed by atoms with Gasteiger partial charge in [0.25, 0.3) is 5.89 Å². The fourth-order valence-corrected chi connectivity index (χ4v) is 2.04. The molecule has 2 aromatic rings. The van der Waals surface area contributed by atoms with Crippen molar-refractivity contribution in [3.63, 3.8) is 0 Å². The van der Waals surface area contributed by atoms with Crippen molar-refractivity contribution in [2.24, 2.45) is 11.7 Å². The van der Waals surface area contributed by atoms with Crippen LogP contribution in [0.3, 0.4) is 0 Å². The maximum Gasteiger partial charge on any atom is 0.263 e. The topological polar surface area (TPSA) is 94.3 Å². The minimum Gasteiger partial charge on any atom is -0.459 e. The summed E-state index contributed by atoms with van der Waals surface area (Å²) >= 11 is 0. The number of rotatable bonds is 6. The van der Waals surface area contributed by atoms with Crippen molar-refractivity contribution >= 4 is 5.91 Å². The molecule has 22 heavy (non-hydrogen) atoms. The minimum atomic E-state index is -0.432. The Hall–Kier alpha value is -2.08. The van der Waals surface area contributed by atoms with Gasteiger partial charge in [-0.05, 0) is 31.9 Å². The van der Waals surface area contributed by atoms with Crippen LogP contribution in [0.5, 0.6) is 0 Å². The summed E-state index contributed by atoms with van der Waals surface area (Å²) in [5, 5.41) is 2.99. The zero-order valence-electron chi connectivity index (χ0n) is 13.5. The SMILES string of the molecule is Cc1oc(-c2ccco2)nc1CC(=O)NC(C)(CN)C(C)C. The molecular weight excluding hydrogens is 282 g/mol. The first-order chi connectivity index (χ1) is 10.4.